The second-order valence-corrected chi connectivity index (χ2v) is 5.40. The zero-order valence-electron chi connectivity index (χ0n) is 12.2. The molecular weight excluding hydrogens is 254 g/mol. The van der Waals surface area contributed by atoms with Gasteiger partial charge in [0.15, 0.2) is 0 Å². The number of amides is 1. The second-order valence-electron chi connectivity index (χ2n) is 5.40. The van der Waals surface area contributed by atoms with Crippen LogP contribution in [-0.4, -0.2) is 48.3 Å². The Morgan fingerprint density at radius 2 is 2.05 bits per heavy atom. The van der Waals surface area contributed by atoms with Gasteiger partial charge in [0.25, 0.3) is 0 Å². The summed E-state index contributed by atoms with van der Waals surface area (Å²) in [5.74, 6) is 0.0784. The minimum atomic E-state index is -0.578. The number of ether oxygens (including phenoxy) is 1. The molecule has 0 saturated heterocycles. The lowest BCUT2D eigenvalue weighted by Gasteiger charge is -2.28. The maximum Gasteiger partial charge on any atom is 0.222 e. The van der Waals surface area contributed by atoms with E-state index in [2.05, 4.69) is 0 Å². The average Bonchev–Trinajstić information content (AvgIpc) is 2.86. The molecule has 1 aromatic carbocycles. The Kier molecular flexibility index (Phi) is 5.15. The fourth-order valence-corrected chi connectivity index (χ4v) is 2.86. The van der Waals surface area contributed by atoms with Gasteiger partial charge in [0.1, 0.15) is 6.10 Å². The van der Waals surface area contributed by atoms with Gasteiger partial charge >= 0.3 is 0 Å². The fourth-order valence-electron chi connectivity index (χ4n) is 2.86. The molecule has 1 fully saturated rings. The highest BCUT2D eigenvalue weighted by atomic mass is 16.5. The van der Waals surface area contributed by atoms with Crippen molar-refractivity contribution in [2.45, 2.75) is 43.9 Å². The lowest BCUT2D eigenvalue weighted by atomic mass is 10.1. The highest BCUT2D eigenvalue weighted by molar-refractivity contribution is 5.76. The Morgan fingerprint density at radius 1 is 1.35 bits per heavy atom. The SMILES string of the molecule is CO[C@@H]1CC[C@@H](N(C)C(=O)CCc2ccccc2)[C@H]1O. The van der Waals surface area contributed by atoms with Crippen molar-refractivity contribution in [3.63, 3.8) is 0 Å². The number of methoxy groups -OCH3 is 1. The van der Waals surface area contributed by atoms with Gasteiger partial charge < -0.3 is 14.7 Å². The van der Waals surface area contributed by atoms with Crippen LogP contribution in [0.5, 0.6) is 0 Å². The first-order valence-electron chi connectivity index (χ1n) is 7.14. The molecule has 0 heterocycles. The normalized spacial score (nSPS) is 25.6. The summed E-state index contributed by atoms with van der Waals surface area (Å²) in [7, 11) is 3.38. The molecule has 0 unspecified atom stereocenters. The molecular formula is C16H23NO3. The quantitative estimate of drug-likeness (QED) is 0.889. The largest absolute Gasteiger partial charge is 0.388 e. The highest BCUT2D eigenvalue weighted by Crippen LogP contribution is 2.26. The Hall–Kier alpha value is -1.39. The van der Waals surface area contributed by atoms with Crippen molar-refractivity contribution in [2.75, 3.05) is 14.2 Å². The van der Waals surface area contributed by atoms with Crippen LogP contribution in [0.4, 0.5) is 0 Å². The summed E-state index contributed by atoms with van der Waals surface area (Å²) in [4.78, 5) is 13.9. The van der Waals surface area contributed by atoms with Crippen molar-refractivity contribution in [3.05, 3.63) is 35.9 Å². The number of benzene rings is 1. The van der Waals surface area contributed by atoms with Gasteiger partial charge in [-0.05, 0) is 24.8 Å². The first-order chi connectivity index (χ1) is 9.63. The topological polar surface area (TPSA) is 49.8 Å². The van der Waals surface area contributed by atoms with Gasteiger partial charge in [-0.3, -0.25) is 4.79 Å². The van der Waals surface area contributed by atoms with E-state index in [0.717, 1.165) is 24.8 Å². The summed E-state index contributed by atoms with van der Waals surface area (Å²) in [5, 5.41) is 10.1. The van der Waals surface area contributed by atoms with E-state index in [-0.39, 0.29) is 18.1 Å². The zero-order chi connectivity index (χ0) is 14.5. The second kappa shape index (κ2) is 6.86. The predicted octanol–water partition coefficient (Wildman–Crippen LogP) is 1.62. The maximum atomic E-state index is 12.2. The molecule has 1 saturated carbocycles. The molecule has 3 atom stereocenters. The summed E-state index contributed by atoms with van der Waals surface area (Å²) in [6.45, 7) is 0. The lowest BCUT2D eigenvalue weighted by molar-refractivity contribution is -0.134. The molecule has 0 aromatic heterocycles. The summed E-state index contributed by atoms with van der Waals surface area (Å²) in [6.07, 6.45) is 2.09. The smallest absolute Gasteiger partial charge is 0.222 e. The minimum Gasteiger partial charge on any atom is -0.388 e. The maximum absolute atomic E-state index is 12.2. The number of carbonyl (C=O) groups excluding carboxylic acids is 1. The monoisotopic (exact) mass is 277 g/mol. The standard InChI is InChI=1S/C16H23NO3/c1-17(13-9-10-14(20-2)16(13)19)15(18)11-8-12-6-4-3-5-7-12/h3-7,13-14,16,19H,8-11H2,1-2H3/t13-,14-,16-/m1/s1. The van der Waals surface area contributed by atoms with E-state index in [1.807, 2.05) is 30.3 Å². The van der Waals surface area contributed by atoms with Crippen LogP contribution < -0.4 is 0 Å². The van der Waals surface area contributed by atoms with Crippen molar-refractivity contribution in [2.24, 2.45) is 0 Å². The molecule has 4 nitrogen and oxygen atoms in total. The number of hydrogen-bond donors (Lipinski definition) is 1. The van der Waals surface area contributed by atoms with Gasteiger partial charge in [0, 0.05) is 20.6 Å². The van der Waals surface area contributed by atoms with E-state index in [1.54, 1.807) is 19.1 Å². The Bertz CT molecular complexity index is 435. The molecule has 4 heteroatoms. The number of aryl methyl sites for hydroxylation is 1. The molecule has 2 rings (SSSR count). The average molecular weight is 277 g/mol. The van der Waals surface area contributed by atoms with Gasteiger partial charge in [0.2, 0.25) is 5.91 Å². The number of nitrogens with zero attached hydrogens (tertiary/aromatic N) is 1. The van der Waals surface area contributed by atoms with Crippen LogP contribution in [0, 0.1) is 0 Å². The fraction of sp³-hybridized carbons (Fsp3) is 0.562. The van der Waals surface area contributed by atoms with Crippen LogP contribution in [-0.2, 0) is 16.0 Å². The number of hydrogen-bond acceptors (Lipinski definition) is 3. The summed E-state index contributed by atoms with van der Waals surface area (Å²) >= 11 is 0. The molecule has 0 aliphatic heterocycles. The van der Waals surface area contributed by atoms with Crippen LogP contribution >= 0.6 is 0 Å². The summed E-state index contributed by atoms with van der Waals surface area (Å²) in [6, 6.07) is 9.86. The molecule has 1 amide bonds. The zero-order valence-corrected chi connectivity index (χ0v) is 12.2. The lowest BCUT2D eigenvalue weighted by Crippen LogP contribution is -2.44. The molecule has 1 N–H and O–H groups in total. The van der Waals surface area contributed by atoms with Crippen molar-refractivity contribution in [1.29, 1.82) is 0 Å². The molecule has 1 aliphatic rings. The van der Waals surface area contributed by atoms with Gasteiger partial charge in [-0.25, -0.2) is 0 Å². The Balaban J connectivity index is 1.86. The number of carbonyl (C=O) groups is 1. The molecule has 20 heavy (non-hydrogen) atoms. The first-order valence-corrected chi connectivity index (χ1v) is 7.14. The van der Waals surface area contributed by atoms with Crippen LogP contribution in [0.3, 0.4) is 0 Å². The third-order valence-corrected chi connectivity index (χ3v) is 4.19. The van der Waals surface area contributed by atoms with Crippen molar-refractivity contribution >= 4 is 5.91 Å². The van der Waals surface area contributed by atoms with E-state index in [1.165, 1.54) is 0 Å². The van der Waals surface area contributed by atoms with Gasteiger partial charge in [-0.1, -0.05) is 30.3 Å². The van der Waals surface area contributed by atoms with Gasteiger partial charge in [-0.15, -0.1) is 0 Å². The molecule has 0 bridgehead atoms. The Labute approximate surface area is 120 Å². The number of rotatable bonds is 5. The van der Waals surface area contributed by atoms with E-state index < -0.39 is 6.10 Å². The third kappa shape index (κ3) is 3.38. The van der Waals surface area contributed by atoms with Crippen LogP contribution in [0.1, 0.15) is 24.8 Å². The Morgan fingerprint density at radius 3 is 2.65 bits per heavy atom. The summed E-state index contributed by atoms with van der Waals surface area (Å²) in [5.41, 5.74) is 1.16. The van der Waals surface area contributed by atoms with E-state index in [0.29, 0.717) is 6.42 Å². The number of likely N-dealkylation sites (N-methyl/N-ethyl adjacent to an activating group) is 1. The van der Waals surface area contributed by atoms with Gasteiger partial charge in [0.05, 0.1) is 12.1 Å². The van der Waals surface area contributed by atoms with E-state index in [9.17, 15) is 9.90 Å². The summed E-state index contributed by atoms with van der Waals surface area (Å²) < 4.78 is 5.22. The van der Waals surface area contributed by atoms with Crippen molar-refractivity contribution in [1.82, 2.24) is 4.90 Å². The minimum absolute atomic E-state index is 0.0784. The molecule has 110 valence electrons. The van der Waals surface area contributed by atoms with Crippen LogP contribution in [0.25, 0.3) is 0 Å². The van der Waals surface area contributed by atoms with E-state index >= 15 is 0 Å². The third-order valence-electron chi connectivity index (χ3n) is 4.19. The van der Waals surface area contributed by atoms with Crippen molar-refractivity contribution < 1.29 is 14.6 Å². The van der Waals surface area contributed by atoms with Gasteiger partial charge in [-0.2, -0.15) is 0 Å². The number of aliphatic hydroxyl groups excluding tert-OH is 1. The number of aliphatic hydroxyl groups is 1. The van der Waals surface area contributed by atoms with Crippen LogP contribution in [0.15, 0.2) is 30.3 Å². The first kappa shape index (κ1) is 15.0. The highest BCUT2D eigenvalue weighted by Gasteiger charge is 2.38. The predicted molar refractivity (Wildman–Crippen MR) is 77.4 cm³/mol. The molecule has 1 aliphatic carbocycles. The van der Waals surface area contributed by atoms with E-state index in [4.69, 9.17) is 4.74 Å². The molecule has 0 spiro atoms. The molecule has 1 aromatic rings. The van der Waals surface area contributed by atoms with Crippen LogP contribution in [0.2, 0.25) is 0 Å². The van der Waals surface area contributed by atoms with Crippen molar-refractivity contribution in [3.8, 4) is 0 Å². The molecule has 0 radical (unpaired) electrons.